The molecule has 17 heavy (non-hydrogen) atoms. The first-order chi connectivity index (χ1) is 7.36. The molecule has 1 rings (SSSR count). The molecule has 0 aliphatic heterocycles. The molecule has 3 N–H and O–H groups in total. The van der Waals surface area contributed by atoms with Crippen LogP contribution in [0.2, 0.25) is 10.0 Å². The van der Waals surface area contributed by atoms with Crippen LogP contribution < -0.4 is 5.73 Å². The molecule has 98 valence electrons. The molecule has 0 spiro atoms. The minimum atomic E-state index is -0.883. The molecule has 0 aromatic heterocycles. The van der Waals surface area contributed by atoms with E-state index in [1.807, 2.05) is 0 Å². The van der Waals surface area contributed by atoms with Gasteiger partial charge in [-0.25, -0.2) is 4.39 Å². The summed E-state index contributed by atoms with van der Waals surface area (Å²) in [4.78, 5) is 0. The van der Waals surface area contributed by atoms with E-state index < -0.39 is 18.0 Å². The molecule has 0 fully saturated rings. The van der Waals surface area contributed by atoms with Crippen LogP contribution in [0.3, 0.4) is 0 Å². The lowest BCUT2D eigenvalue weighted by atomic mass is 9.94. The highest BCUT2D eigenvalue weighted by atomic mass is 35.5. The average Bonchev–Trinajstić information content (AvgIpc) is 2.22. The molecule has 0 saturated carbocycles. The minimum absolute atomic E-state index is 0. The highest BCUT2D eigenvalue weighted by Gasteiger charge is 2.26. The molecule has 1 aromatic rings. The Kier molecular flexibility index (Phi) is 6.74. The monoisotopic (exact) mass is 301 g/mol. The van der Waals surface area contributed by atoms with Gasteiger partial charge in [0, 0.05) is 10.6 Å². The average molecular weight is 303 g/mol. The lowest BCUT2D eigenvalue weighted by Crippen LogP contribution is -2.31. The second-order valence-corrected chi connectivity index (χ2v) is 4.83. The second-order valence-electron chi connectivity index (χ2n) is 4.02. The topological polar surface area (TPSA) is 46.2 Å². The maximum absolute atomic E-state index is 13.7. The lowest BCUT2D eigenvalue weighted by molar-refractivity contribution is 0.0967. The van der Waals surface area contributed by atoms with Crippen molar-refractivity contribution in [3.63, 3.8) is 0 Å². The zero-order valence-electron chi connectivity index (χ0n) is 9.45. The fourth-order valence-corrected chi connectivity index (χ4v) is 1.87. The minimum Gasteiger partial charge on any atom is -0.391 e. The summed E-state index contributed by atoms with van der Waals surface area (Å²) in [5, 5.41) is 9.92. The Hall–Kier alpha value is -0.0600. The Morgan fingerprint density at radius 1 is 1.24 bits per heavy atom. The molecule has 6 heteroatoms. The second kappa shape index (κ2) is 6.76. The molecule has 0 saturated heterocycles. The Bertz CT molecular complexity index is 387. The van der Waals surface area contributed by atoms with Gasteiger partial charge in [0.2, 0.25) is 0 Å². The predicted octanol–water partition coefficient (Wildman–Crippen LogP) is 3.57. The fraction of sp³-hybridized carbons (Fsp3) is 0.455. The van der Waals surface area contributed by atoms with E-state index in [9.17, 15) is 9.50 Å². The molecule has 1 aromatic carbocycles. The van der Waals surface area contributed by atoms with Gasteiger partial charge in [-0.15, -0.1) is 12.4 Å². The SMILES string of the molecule is CC(C)[C@@H](O)[C@@H](N)c1c(Cl)ccc(Cl)c1F.Cl. The molecular weight excluding hydrogens is 287 g/mol. The molecule has 0 heterocycles. The van der Waals surface area contributed by atoms with Crippen LogP contribution in [0.15, 0.2) is 12.1 Å². The van der Waals surface area contributed by atoms with Crippen molar-refractivity contribution < 1.29 is 9.50 Å². The van der Waals surface area contributed by atoms with Crippen LogP contribution in [0.5, 0.6) is 0 Å². The zero-order valence-corrected chi connectivity index (χ0v) is 11.8. The van der Waals surface area contributed by atoms with Crippen molar-refractivity contribution in [3.8, 4) is 0 Å². The summed E-state index contributed by atoms with van der Waals surface area (Å²) in [6.07, 6.45) is -0.870. The van der Waals surface area contributed by atoms with Gasteiger partial charge in [0.15, 0.2) is 0 Å². The number of hydrogen-bond acceptors (Lipinski definition) is 2. The Balaban J connectivity index is 0.00000256. The highest BCUT2D eigenvalue weighted by molar-refractivity contribution is 6.33. The quantitative estimate of drug-likeness (QED) is 0.839. The molecular formula is C11H15Cl3FNO. The fourth-order valence-electron chi connectivity index (χ4n) is 1.43. The Morgan fingerprint density at radius 2 is 1.71 bits per heavy atom. The zero-order chi connectivity index (χ0) is 12.5. The first-order valence-corrected chi connectivity index (χ1v) is 5.69. The van der Waals surface area contributed by atoms with E-state index in [-0.39, 0.29) is 33.9 Å². The van der Waals surface area contributed by atoms with Crippen molar-refractivity contribution in [2.45, 2.75) is 26.0 Å². The van der Waals surface area contributed by atoms with Gasteiger partial charge < -0.3 is 10.8 Å². The Labute approximate surface area is 116 Å². The summed E-state index contributed by atoms with van der Waals surface area (Å²) in [5.74, 6) is -0.759. The van der Waals surface area contributed by atoms with Gasteiger partial charge in [-0.2, -0.15) is 0 Å². The largest absolute Gasteiger partial charge is 0.391 e. The van der Waals surface area contributed by atoms with Crippen molar-refractivity contribution in [2.24, 2.45) is 11.7 Å². The summed E-state index contributed by atoms with van der Waals surface area (Å²) in [7, 11) is 0. The molecule has 0 unspecified atom stereocenters. The number of hydrogen-bond donors (Lipinski definition) is 2. The normalized spacial score (nSPS) is 14.4. The summed E-state index contributed by atoms with van der Waals surface area (Å²) in [5.41, 5.74) is 5.84. The molecule has 0 bridgehead atoms. The molecule has 0 aliphatic rings. The third-order valence-corrected chi connectivity index (χ3v) is 3.09. The number of nitrogens with two attached hydrogens (primary N) is 1. The number of halogens is 4. The molecule has 0 radical (unpaired) electrons. The predicted molar refractivity (Wildman–Crippen MR) is 71.4 cm³/mol. The van der Waals surface area contributed by atoms with Crippen LogP contribution in [0.4, 0.5) is 4.39 Å². The summed E-state index contributed by atoms with van der Waals surface area (Å²) >= 11 is 11.5. The van der Waals surface area contributed by atoms with Gasteiger partial charge in [-0.1, -0.05) is 37.0 Å². The first-order valence-electron chi connectivity index (χ1n) is 4.93. The number of aliphatic hydroxyl groups excluding tert-OH is 1. The highest BCUT2D eigenvalue weighted by Crippen LogP contribution is 2.32. The molecule has 0 aliphatic carbocycles. The smallest absolute Gasteiger partial charge is 0.148 e. The van der Waals surface area contributed by atoms with Crippen LogP contribution in [-0.4, -0.2) is 11.2 Å². The van der Waals surface area contributed by atoms with Crippen molar-refractivity contribution >= 4 is 35.6 Å². The van der Waals surface area contributed by atoms with E-state index in [0.29, 0.717) is 0 Å². The summed E-state index contributed by atoms with van der Waals surface area (Å²) in [6.45, 7) is 3.59. The van der Waals surface area contributed by atoms with Gasteiger partial charge in [0.1, 0.15) is 5.82 Å². The van der Waals surface area contributed by atoms with Crippen LogP contribution in [0.1, 0.15) is 25.5 Å². The maximum Gasteiger partial charge on any atom is 0.148 e. The van der Waals surface area contributed by atoms with E-state index in [0.717, 1.165) is 0 Å². The van der Waals surface area contributed by atoms with E-state index in [2.05, 4.69) is 0 Å². The number of aliphatic hydroxyl groups is 1. The van der Waals surface area contributed by atoms with Crippen LogP contribution >= 0.6 is 35.6 Å². The maximum atomic E-state index is 13.7. The lowest BCUT2D eigenvalue weighted by Gasteiger charge is -2.23. The molecule has 0 amide bonds. The third-order valence-electron chi connectivity index (χ3n) is 2.46. The van der Waals surface area contributed by atoms with Crippen molar-refractivity contribution in [1.82, 2.24) is 0 Å². The van der Waals surface area contributed by atoms with Crippen molar-refractivity contribution in [1.29, 1.82) is 0 Å². The van der Waals surface area contributed by atoms with Gasteiger partial charge >= 0.3 is 0 Å². The van der Waals surface area contributed by atoms with E-state index >= 15 is 0 Å². The molecule has 2 atom stereocenters. The van der Waals surface area contributed by atoms with Crippen molar-refractivity contribution in [3.05, 3.63) is 33.6 Å². The summed E-state index contributed by atoms with van der Waals surface area (Å²) in [6, 6.07) is 1.94. The van der Waals surface area contributed by atoms with Gasteiger partial charge in [0.25, 0.3) is 0 Å². The van der Waals surface area contributed by atoms with Gasteiger partial charge in [-0.3, -0.25) is 0 Å². The Morgan fingerprint density at radius 3 is 2.18 bits per heavy atom. The van der Waals surface area contributed by atoms with Crippen LogP contribution in [-0.2, 0) is 0 Å². The van der Waals surface area contributed by atoms with Crippen LogP contribution in [0.25, 0.3) is 0 Å². The van der Waals surface area contributed by atoms with E-state index in [1.165, 1.54) is 12.1 Å². The van der Waals surface area contributed by atoms with E-state index in [4.69, 9.17) is 28.9 Å². The number of rotatable bonds is 3. The number of benzene rings is 1. The van der Waals surface area contributed by atoms with Gasteiger partial charge in [-0.05, 0) is 18.1 Å². The molecule has 2 nitrogen and oxygen atoms in total. The van der Waals surface area contributed by atoms with E-state index in [1.54, 1.807) is 13.8 Å². The standard InChI is InChI=1S/C11H14Cl2FNO.ClH/c1-5(2)11(16)10(15)8-6(12)3-4-7(13)9(8)14;/h3-5,10-11,16H,15H2,1-2H3;1H/t10-,11+;/m0./s1. The van der Waals surface area contributed by atoms with Gasteiger partial charge in [0.05, 0.1) is 17.2 Å². The summed E-state index contributed by atoms with van der Waals surface area (Å²) < 4.78 is 13.7. The first kappa shape index (κ1) is 16.9. The van der Waals surface area contributed by atoms with Crippen LogP contribution in [0, 0.1) is 11.7 Å². The van der Waals surface area contributed by atoms with Crippen molar-refractivity contribution in [2.75, 3.05) is 0 Å². The third kappa shape index (κ3) is 3.70.